The van der Waals surface area contributed by atoms with E-state index in [1.165, 1.54) is 6.61 Å². The van der Waals surface area contributed by atoms with Crippen molar-refractivity contribution in [1.29, 1.82) is 0 Å². The Hall–Kier alpha value is -1.80. The monoisotopic (exact) mass is 227 g/mol. The summed E-state index contributed by atoms with van der Waals surface area (Å²) < 4.78 is 5.48. The second kappa shape index (κ2) is 5.51. The maximum Gasteiger partial charge on any atom is 0.163 e. The van der Waals surface area contributed by atoms with E-state index in [2.05, 4.69) is 0 Å². The van der Waals surface area contributed by atoms with E-state index in [9.17, 15) is 5.11 Å². The molecule has 0 aromatic heterocycles. The highest BCUT2D eigenvalue weighted by Gasteiger charge is 2.06. The fourth-order valence-corrected chi connectivity index (χ4v) is 1.60. The van der Waals surface area contributed by atoms with Gasteiger partial charge in [0, 0.05) is 5.56 Å². The van der Waals surface area contributed by atoms with Crippen LogP contribution in [-0.2, 0) is 0 Å². The number of benzene rings is 2. The van der Waals surface area contributed by atoms with Crippen molar-refractivity contribution in [2.45, 2.75) is 13.0 Å². The van der Waals surface area contributed by atoms with Crippen molar-refractivity contribution in [2.75, 3.05) is 0 Å². The fourth-order valence-electron chi connectivity index (χ4n) is 1.60. The number of aliphatic hydroxyl groups excluding tert-OH is 1. The fraction of sp³-hybridized carbons (Fsp3) is 0.133. The van der Waals surface area contributed by atoms with Crippen LogP contribution in [0.15, 0.2) is 54.6 Å². The van der Waals surface area contributed by atoms with Crippen molar-refractivity contribution in [3.63, 3.8) is 0 Å². The van der Waals surface area contributed by atoms with E-state index in [1.54, 1.807) is 6.92 Å². The lowest BCUT2D eigenvalue weighted by atomic mass is 10.1. The van der Waals surface area contributed by atoms with E-state index in [-0.39, 0.29) is 0 Å². The molecule has 2 nitrogen and oxygen atoms in total. The largest absolute Gasteiger partial charge is 0.483 e. The zero-order valence-corrected chi connectivity index (χ0v) is 9.71. The van der Waals surface area contributed by atoms with E-state index < -0.39 is 6.10 Å². The summed E-state index contributed by atoms with van der Waals surface area (Å²) >= 11 is 0. The molecule has 2 rings (SSSR count). The molecule has 17 heavy (non-hydrogen) atoms. The van der Waals surface area contributed by atoms with Crippen LogP contribution in [0.1, 0.15) is 6.92 Å². The first-order valence-electron chi connectivity index (χ1n) is 5.60. The van der Waals surface area contributed by atoms with Gasteiger partial charge in [0.2, 0.25) is 0 Å². The van der Waals surface area contributed by atoms with Crippen molar-refractivity contribution >= 4 is 0 Å². The van der Waals surface area contributed by atoms with E-state index >= 15 is 0 Å². The lowest BCUT2D eigenvalue weighted by Crippen LogP contribution is -2.06. The SMILES string of the molecule is CC(O)[CH]Oc1ccccc1-c1ccccc1. The Bertz CT molecular complexity index is 463. The number of hydrogen-bond donors (Lipinski definition) is 1. The predicted octanol–water partition coefficient (Wildman–Crippen LogP) is 3.27. The van der Waals surface area contributed by atoms with Crippen LogP contribution in [-0.4, -0.2) is 11.2 Å². The van der Waals surface area contributed by atoms with Gasteiger partial charge in [0.25, 0.3) is 0 Å². The second-order valence-electron chi connectivity index (χ2n) is 3.86. The van der Waals surface area contributed by atoms with Gasteiger partial charge in [-0.25, -0.2) is 0 Å². The van der Waals surface area contributed by atoms with Crippen molar-refractivity contribution in [2.24, 2.45) is 0 Å². The summed E-state index contributed by atoms with van der Waals surface area (Å²) in [5.41, 5.74) is 2.12. The average Bonchev–Trinajstić information content (AvgIpc) is 2.38. The van der Waals surface area contributed by atoms with Crippen LogP contribution in [0.3, 0.4) is 0 Å². The molecule has 1 atom stereocenters. The molecule has 2 aromatic carbocycles. The van der Waals surface area contributed by atoms with E-state index in [0.717, 1.165) is 16.9 Å². The number of rotatable bonds is 4. The van der Waals surface area contributed by atoms with Gasteiger partial charge < -0.3 is 9.84 Å². The van der Waals surface area contributed by atoms with Crippen LogP contribution in [0.2, 0.25) is 0 Å². The molecule has 0 aliphatic carbocycles. The van der Waals surface area contributed by atoms with E-state index in [0.29, 0.717) is 0 Å². The molecule has 0 spiro atoms. The van der Waals surface area contributed by atoms with Crippen LogP contribution in [0.4, 0.5) is 0 Å². The van der Waals surface area contributed by atoms with Gasteiger partial charge in [-0.2, -0.15) is 0 Å². The number of aliphatic hydroxyl groups is 1. The van der Waals surface area contributed by atoms with Crippen LogP contribution < -0.4 is 4.74 Å². The third kappa shape index (κ3) is 3.08. The van der Waals surface area contributed by atoms with Crippen LogP contribution in [0.25, 0.3) is 11.1 Å². The quantitative estimate of drug-likeness (QED) is 0.868. The maximum atomic E-state index is 9.19. The van der Waals surface area contributed by atoms with E-state index in [4.69, 9.17) is 4.74 Å². The third-order valence-corrected chi connectivity index (χ3v) is 2.36. The highest BCUT2D eigenvalue weighted by molar-refractivity contribution is 5.70. The standard InChI is InChI=1S/C15H15O2/c1-12(16)11-17-15-10-6-5-9-14(15)13-7-3-2-4-8-13/h2-12,16H,1H3. The van der Waals surface area contributed by atoms with Gasteiger partial charge in [-0.3, -0.25) is 0 Å². The molecular formula is C15H15O2. The lowest BCUT2D eigenvalue weighted by Gasteiger charge is -2.11. The first-order valence-corrected chi connectivity index (χ1v) is 5.60. The zero-order chi connectivity index (χ0) is 12.1. The summed E-state index contributed by atoms with van der Waals surface area (Å²) in [7, 11) is 0. The summed E-state index contributed by atoms with van der Waals surface area (Å²) in [5.74, 6) is 0.750. The summed E-state index contributed by atoms with van der Waals surface area (Å²) in [6, 6.07) is 17.8. The van der Waals surface area contributed by atoms with E-state index in [1.807, 2.05) is 54.6 Å². The van der Waals surface area contributed by atoms with Gasteiger partial charge in [0.15, 0.2) is 6.61 Å². The molecule has 0 amide bonds. The summed E-state index contributed by atoms with van der Waals surface area (Å²) in [6.07, 6.45) is -0.584. The van der Waals surface area contributed by atoms with Gasteiger partial charge in [0.05, 0.1) is 6.10 Å². The molecule has 0 bridgehead atoms. The highest BCUT2D eigenvalue weighted by Crippen LogP contribution is 2.29. The van der Waals surface area contributed by atoms with Crippen LogP contribution in [0.5, 0.6) is 5.75 Å². The zero-order valence-electron chi connectivity index (χ0n) is 9.71. The lowest BCUT2D eigenvalue weighted by molar-refractivity contribution is 0.170. The highest BCUT2D eigenvalue weighted by atomic mass is 16.5. The Labute approximate surface area is 101 Å². The van der Waals surface area contributed by atoms with Gasteiger partial charge in [0.1, 0.15) is 5.75 Å². The normalized spacial score (nSPS) is 12.1. The molecule has 0 fully saturated rings. The number of hydrogen-bond acceptors (Lipinski definition) is 2. The predicted molar refractivity (Wildman–Crippen MR) is 68.5 cm³/mol. The van der Waals surface area contributed by atoms with Gasteiger partial charge in [-0.15, -0.1) is 0 Å². The van der Waals surface area contributed by atoms with Crippen molar-refractivity contribution in [1.82, 2.24) is 0 Å². The Morgan fingerprint density at radius 2 is 1.65 bits per heavy atom. The van der Waals surface area contributed by atoms with Gasteiger partial charge in [-0.05, 0) is 18.6 Å². The first-order chi connectivity index (χ1) is 8.27. The molecule has 1 N–H and O–H groups in total. The Morgan fingerprint density at radius 3 is 2.35 bits per heavy atom. The molecule has 87 valence electrons. The van der Waals surface area contributed by atoms with Gasteiger partial charge >= 0.3 is 0 Å². The second-order valence-corrected chi connectivity index (χ2v) is 3.86. The third-order valence-electron chi connectivity index (χ3n) is 2.36. The van der Waals surface area contributed by atoms with Gasteiger partial charge in [-0.1, -0.05) is 48.5 Å². The van der Waals surface area contributed by atoms with Crippen molar-refractivity contribution in [3.05, 3.63) is 61.2 Å². The smallest absolute Gasteiger partial charge is 0.163 e. The molecule has 0 saturated carbocycles. The molecule has 2 heteroatoms. The molecule has 0 aliphatic heterocycles. The Kier molecular flexibility index (Phi) is 3.78. The minimum atomic E-state index is -0.584. The topological polar surface area (TPSA) is 29.5 Å². The van der Waals surface area contributed by atoms with Crippen molar-refractivity contribution in [3.8, 4) is 16.9 Å². The molecule has 2 aromatic rings. The molecular weight excluding hydrogens is 212 g/mol. The molecule has 0 aliphatic rings. The minimum Gasteiger partial charge on any atom is -0.483 e. The van der Waals surface area contributed by atoms with Crippen molar-refractivity contribution < 1.29 is 9.84 Å². The number of para-hydroxylation sites is 1. The summed E-state index contributed by atoms with van der Waals surface area (Å²) in [5, 5.41) is 9.19. The molecule has 1 radical (unpaired) electrons. The maximum absolute atomic E-state index is 9.19. The molecule has 0 heterocycles. The van der Waals surface area contributed by atoms with Crippen LogP contribution in [0, 0.1) is 6.61 Å². The molecule has 0 saturated heterocycles. The Balaban J connectivity index is 2.28. The first kappa shape index (κ1) is 11.7. The number of ether oxygens (including phenoxy) is 1. The molecule has 1 unspecified atom stereocenters. The summed E-state index contributed by atoms with van der Waals surface area (Å²) in [4.78, 5) is 0. The average molecular weight is 227 g/mol. The Morgan fingerprint density at radius 1 is 1.00 bits per heavy atom. The minimum absolute atomic E-state index is 0.584. The summed E-state index contributed by atoms with van der Waals surface area (Å²) in [6.45, 7) is 3.08. The van der Waals surface area contributed by atoms with Crippen LogP contribution >= 0.6 is 0 Å².